The van der Waals surface area contributed by atoms with Crippen molar-refractivity contribution in [3.05, 3.63) is 35.5 Å². The number of carbonyl (C=O) groups excluding carboxylic acids is 1. The number of benzene rings is 1. The second kappa shape index (κ2) is 6.57. The van der Waals surface area contributed by atoms with Crippen LogP contribution in [0.4, 0.5) is 5.69 Å². The molecule has 1 N–H and O–H groups in total. The number of hydrogen-bond acceptors (Lipinski definition) is 3. The van der Waals surface area contributed by atoms with Gasteiger partial charge in [-0.2, -0.15) is 0 Å². The van der Waals surface area contributed by atoms with Gasteiger partial charge in [-0.15, -0.1) is 0 Å². The summed E-state index contributed by atoms with van der Waals surface area (Å²) in [6, 6.07) is 7.73. The maximum atomic E-state index is 10.8. The molecule has 0 aliphatic rings. The van der Waals surface area contributed by atoms with Gasteiger partial charge < -0.3 is 10.2 Å². The lowest BCUT2D eigenvalue weighted by Crippen LogP contribution is -2.26. The van der Waals surface area contributed by atoms with Crippen molar-refractivity contribution in [1.82, 2.24) is 10.3 Å². The Hall–Kier alpha value is -1.81. The highest BCUT2D eigenvalue weighted by Gasteiger charge is 2.07. The first-order valence-corrected chi connectivity index (χ1v) is 6.95. The van der Waals surface area contributed by atoms with Gasteiger partial charge in [-0.3, -0.25) is 9.78 Å². The molecule has 2 rings (SSSR count). The third-order valence-electron chi connectivity index (χ3n) is 3.14. The zero-order valence-electron chi connectivity index (χ0n) is 11.7. The van der Waals surface area contributed by atoms with Gasteiger partial charge in [0.2, 0.25) is 5.91 Å². The molecule has 0 bridgehead atoms. The first kappa shape index (κ1) is 14.6. The fraction of sp³-hybridized carbons (Fsp3) is 0.333. The van der Waals surface area contributed by atoms with Crippen molar-refractivity contribution in [2.45, 2.75) is 13.3 Å². The summed E-state index contributed by atoms with van der Waals surface area (Å²) in [5.41, 5.74) is 2.01. The molecule has 4 nitrogen and oxygen atoms in total. The molecule has 1 aromatic carbocycles. The molecule has 106 valence electrons. The van der Waals surface area contributed by atoms with Gasteiger partial charge in [0, 0.05) is 49.4 Å². The number of carbonyl (C=O) groups is 1. The molecule has 0 fully saturated rings. The van der Waals surface area contributed by atoms with Crippen molar-refractivity contribution in [1.29, 1.82) is 0 Å². The van der Waals surface area contributed by atoms with Crippen LogP contribution in [-0.2, 0) is 4.79 Å². The Bertz CT molecular complexity index is 615. The van der Waals surface area contributed by atoms with Crippen LogP contribution < -0.4 is 10.2 Å². The zero-order chi connectivity index (χ0) is 14.5. The summed E-state index contributed by atoms with van der Waals surface area (Å²) < 4.78 is 0. The number of aromatic nitrogens is 1. The predicted molar refractivity (Wildman–Crippen MR) is 83.3 cm³/mol. The lowest BCUT2D eigenvalue weighted by molar-refractivity contribution is -0.118. The highest BCUT2D eigenvalue weighted by molar-refractivity contribution is 6.31. The molecular weight excluding hydrogens is 274 g/mol. The van der Waals surface area contributed by atoms with Crippen LogP contribution in [0.5, 0.6) is 0 Å². The normalized spacial score (nSPS) is 10.6. The number of pyridine rings is 1. The van der Waals surface area contributed by atoms with Crippen LogP contribution in [0, 0.1) is 0 Å². The first-order chi connectivity index (χ1) is 9.58. The number of halogens is 1. The van der Waals surface area contributed by atoms with E-state index in [1.165, 1.54) is 6.92 Å². The second-order valence-corrected chi connectivity index (χ2v) is 5.19. The summed E-state index contributed by atoms with van der Waals surface area (Å²) in [6.07, 6.45) is 2.69. The lowest BCUT2D eigenvalue weighted by atomic mass is 10.1. The van der Waals surface area contributed by atoms with Crippen molar-refractivity contribution in [3.8, 4) is 0 Å². The summed E-state index contributed by atoms with van der Waals surface area (Å²) in [5, 5.41) is 4.57. The van der Waals surface area contributed by atoms with Gasteiger partial charge in [0.15, 0.2) is 0 Å². The van der Waals surface area contributed by atoms with E-state index in [1.54, 1.807) is 6.20 Å². The fourth-order valence-corrected chi connectivity index (χ4v) is 2.31. The number of fused-ring (bicyclic) bond motifs is 1. The van der Waals surface area contributed by atoms with Crippen LogP contribution in [0.2, 0.25) is 5.02 Å². The number of nitrogens with zero attached hydrogens (tertiary/aromatic N) is 2. The third-order valence-corrected chi connectivity index (χ3v) is 3.37. The zero-order valence-corrected chi connectivity index (χ0v) is 12.4. The van der Waals surface area contributed by atoms with Crippen molar-refractivity contribution in [3.63, 3.8) is 0 Å². The van der Waals surface area contributed by atoms with E-state index in [0.29, 0.717) is 11.6 Å². The Morgan fingerprint density at radius 3 is 2.95 bits per heavy atom. The van der Waals surface area contributed by atoms with Crippen molar-refractivity contribution < 1.29 is 4.79 Å². The Balaban J connectivity index is 2.09. The highest BCUT2D eigenvalue weighted by Crippen LogP contribution is 2.26. The van der Waals surface area contributed by atoms with Crippen LogP contribution >= 0.6 is 11.6 Å². The SMILES string of the molecule is CC(=O)NCCCN(C)c1ccnc2cc(Cl)ccc12. The Morgan fingerprint density at radius 1 is 1.40 bits per heavy atom. The maximum Gasteiger partial charge on any atom is 0.216 e. The smallest absolute Gasteiger partial charge is 0.216 e. The topological polar surface area (TPSA) is 45.2 Å². The quantitative estimate of drug-likeness (QED) is 0.862. The van der Waals surface area contributed by atoms with E-state index < -0.39 is 0 Å². The second-order valence-electron chi connectivity index (χ2n) is 4.75. The monoisotopic (exact) mass is 291 g/mol. The van der Waals surface area contributed by atoms with E-state index in [4.69, 9.17) is 11.6 Å². The van der Waals surface area contributed by atoms with E-state index in [0.717, 1.165) is 29.6 Å². The average Bonchev–Trinajstić information content (AvgIpc) is 2.42. The van der Waals surface area contributed by atoms with Gasteiger partial charge in [0.25, 0.3) is 0 Å². The molecule has 1 heterocycles. The third kappa shape index (κ3) is 3.61. The van der Waals surface area contributed by atoms with E-state index >= 15 is 0 Å². The molecule has 0 spiro atoms. The van der Waals surface area contributed by atoms with Crippen LogP contribution in [0.15, 0.2) is 30.5 Å². The molecule has 0 aliphatic carbocycles. The van der Waals surface area contributed by atoms with Crippen LogP contribution in [0.25, 0.3) is 10.9 Å². The predicted octanol–water partition coefficient (Wildman–Crippen LogP) is 2.85. The summed E-state index contributed by atoms with van der Waals surface area (Å²) in [6.45, 7) is 3.08. The van der Waals surface area contributed by atoms with E-state index in [-0.39, 0.29) is 5.91 Å². The van der Waals surface area contributed by atoms with Gasteiger partial charge in [-0.1, -0.05) is 11.6 Å². The maximum absolute atomic E-state index is 10.8. The molecule has 1 aromatic heterocycles. The van der Waals surface area contributed by atoms with E-state index in [9.17, 15) is 4.79 Å². The summed E-state index contributed by atoms with van der Waals surface area (Å²) >= 11 is 5.99. The molecule has 0 unspecified atom stereocenters. The summed E-state index contributed by atoms with van der Waals surface area (Å²) in [7, 11) is 2.04. The Morgan fingerprint density at radius 2 is 2.20 bits per heavy atom. The highest BCUT2D eigenvalue weighted by atomic mass is 35.5. The largest absolute Gasteiger partial charge is 0.374 e. The molecule has 0 atom stereocenters. The molecule has 0 saturated heterocycles. The molecule has 0 saturated carbocycles. The average molecular weight is 292 g/mol. The van der Waals surface area contributed by atoms with Crippen molar-refractivity contribution in [2.24, 2.45) is 0 Å². The molecule has 2 aromatic rings. The minimum Gasteiger partial charge on any atom is -0.374 e. The van der Waals surface area contributed by atoms with Crippen LogP contribution in [-0.4, -0.2) is 31.0 Å². The molecule has 20 heavy (non-hydrogen) atoms. The molecule has 0 radical (unpaired) electrons. The van der Waals surface area contributed by atoms with Crippen LogP contribution in [0.1, 0.15) is 13.3 Å². The number of hydrogen-bond donors (Lipinski definition) is 1. The Labute approximate surface area is 123 Å². The van der Waals surface area contributed by atoms with E-state index in [1.807, 2.05) is 31.3 Å². The number of rotatable bonds is 5. The minimum absolute atomic E-state index is 0.0108. The van der Waals surface area contributed by atoms with E-state index in [2.05, 4.69) is 15.2 Å². The summed E-state index contributed by atoms with van der Waals surface area (Å²) in [4.78, 5) is 17.3. The van der Waals surface area contributed by atoms with Gasteiger partial charge >= 0.3 is 0 Å². The molecular formula is C15H18ClN3O. The first-order valence-electron chi connectivity index (χ1n) is 6.58. The molecule has 5 heteroatoms. The van der Waals surface area contributed by atoms with Gasteiger partial charge in [-0.05, 0) is 30.7 Å². The molecule has 1 amide bonds. The fourth-order valence-electron chi connectivity index (χ4n) is 2.14. The van der Waals surface area contributed by atoms with Crippen molar-refractivity contribution >= 4 is 34.1 Å². The molecule has 0 aliphatic heterocycles. The number of amides is 1. The van der Waals surface area contributed by atoms with Crippen LogP contribution in [0.3, 0.4) is 0 Å². The van der Waals surface area contributed by atoms with Crippen molar-refractivity contribution in [2.75, 3.05) is 25.0 Å². The lowest BCUT2D eigenvalue weighted by Gasteiger charge is -2.21. The van der Waals surface area contributed by atoms with Gasteiger partial charge in [0.1, 0.15) is 0 Å². The van der Waals surface area contributed by atoms with Gasteiger partial charge in [0.05, 0.1) is 5.52 Å². The standard InChI is InChI=1S/C15H18ClN3O/c1-11(20)17-7-3-9-19(2)15-6-8-18-14-10-12(16)4-5-13(14)15/h4-6,8,10H,3,7,9H2,1-2H3,(H,17,20). The van der Waals surface area contributed by atoms with Gasteiger partial charge in [-0.25, -0.2) is 0 Å². The number of anilines is 1. The minimum atomic E-state index is 0.0108. The Kier molecular flexibility index (Phi) is 4.79. The summed E-state index contributed by atoms with van der Waals surface area (Å²) in [5.74, 6) is 0.0108. The number of nitrogens with one attached hydrogen (secondary N) is 1.